The van der Waals surface area contributed by atoms with Gasteiger partial charge in [-0.3, -0.25) is 29.0 Å². The van der Waals surface area contributed by atoms with Gasteiger partial charge in [0.2, 0.25) is 29.5 Å². The lowest BCUT2D eigenvalue weighted by molar-refractivity contribution is -0.149. The molecule has 2 fully saturated rings. The predicted octanol–water partition coefficient (Wildman–Crippen LogP) is 0.223. The van der Waals surface area contributed by atoms with Crippen LogP contribution in [0.15, 0.2) is 35.3 Å². The van der Waals surface area contributed by atoms with Gasteiger partial charge in [0.15, 0.2) is 5.96 Å². The number of hydrogen-bond donors (Lipinski definition) is 7. The number of hydrogen-bond acceptors (Lipinski definition) is 8. The maximum atomic E-state index is 14.2. The normalized spacial score (nSPS) is 19.3. The van der Waals surface area contributed by atoms with E-state index in [0.29, 0.717) is 57.9 Å². The molecule has 0 bridgehead atoms. The number of aliphatic imine (C=N–C) groups is 1. The second-order valence-corrected chi connectivity index (χ2v) is 14.9. The van der Waals surface area contributed by atoms with Gasteiger partial charge in [0.1, 0.15) is 30.2 Å². The third-order valence-corrected chi connectivity index (χ3v) is 9.52. The predicted molar refractivity (Wildman–Crippen MR) is 200 cm³/mol. The molecule has 2 aliphatic rings. The van der Waals surface area contributed by atoms with Crippen LogP contribution in [0.2, 0.25) is 0 Å². The number of benzene rings is 1. The number of carbonyl (C=O) groups excluding carboxylic acids is 5. The number of aliphatic carboxylic acids is 1. The molecule has 0 aromatic heterocycles. The number of guanidine groups is 1. The van der Waals surface area contributed by atoms with E-state index < -0.39 is 65.8 Å². The Balaban J connectivity index is 1.71. The number of rotatable bonds is 19. The molecule has 1 aromatic rings. The lowest BCUT2D eigenvalue weighted by Gasteiger charge is -2.34. The second-order valence-electron chi connectivity index (χ2n) is 14.9. The summed E-state index contributed by atoms with van der Waals surface area (Å²) in [4.78, 5) is 87.2. The van der Waals surface area contributed by atoms with Crippen molar-refractivity contribution in [2.24, 2.45) is 34.0 Å². The zero-order valence-electron chi connectivity index (χ0n) is 31.5. The van der Waals surface area contributed by atoms with Crippen molar-refractivity contribution < 1.29 is 33.9 Å². The summed E-state index contributed by atoms with van der Waals surface area (Å²) in [6.45, 7) is 8.48. The topological polar surface area (TPSA) is 256 Å². The summed E-state index contributed by atoms with van der Waals surface area (Å²) < 4.78 is 0. The van der Waals surface area contributed by atoms with Gasteiger partial charge in [-0.15, -0.1) is 0 Å². The maximum absolute atomic E-state index is 14.2. The standard InChI is InChI=1S/C37H59N9O7/c1-22(2)19-27(43-31(47)25(38)21-24-11-6-5-7-12-24)32(48)44-28(20-23(3)4)34(50)46-18-10-15-30(46)35(51)45-17-9-14-29(45)33(49)42-26(36(52)53)13-8-16-41-37(39)40/h5-7,11-12,22-23,25-30H,8-10,13-21,38H2,1-4H3,(H,42,49)(H,43,47)(H,44,48)(H,52,53)(H4,39,40,41)/t25-,26-,27-,28-,29-,30-/m0/s1. The van der Waals surface area contributed by atoms with Gasteiger partial charge in [0.05, 0.1) is 6.04 Å². The van der Waals surface area contributed by atoms with E-state index in [1.807, 2.05) is 58.0 Å². The van der Waals surface area contributed by atoms with E-state index in [2.05, 4.69) is 20.9 Å². The van der Waals surface area contributed by atoms with E-state index in [1.54, 1.807) is 0 Å². The van der Waals surface area contributed by atoms with Crippen LogP contribution < -0.4 is 33.2 Å². The van der Waals surface area contributed by atoms with Gasteiger partial charge in [-0.25, -0.2) is 4.79 Å². The van der Waals surface area contributed by atoms with Crippen LogP contribution in [0, 0.1) is 11.8 Å². The summed E-state index contributed by atoms with van der Waals surface area (Å²) in [5.41, 5.74) is 17.8. The van der Waals surface area contributed by atoms with Crippen LogP contribution in [0.1, 0.15) is 84.6 Å². The van der Waals surface area contributed by atoms with E-state index in [1.165, 1.54) is 9.80 Å². The van der Waals surface area contributed by atoms with E-state index in [4.69, 9.17) is 17.2 Å². The fourth-order valence-corrected chi connectivity index (χ4v) is 6.92. The van der Waals surface area contributed by atoms with Crippen molar-refractivity contribution in [1.82, 2.24) is 25.8 Å². The van der Waals surface area contributed by atoms with Crippen molar-refractivity contribution in [2.45, 2.75) is 122 Å². The summed E-state index contributed by atoms with van der Waals surface area (Å²) in [5, 5.41) is 18.0. The molecule has 10 N–H and O–H groups in total. The molecule has 1 aromatic carbocycles. The Morgan fingerprint density at radius 1 is 0.811 bits per heavy atom. The SMILES string of the molecule is CC(C)C[C@H](NC(=O)[C@@H](N)Cc1ccccc1)C(=O)N[C@@H](CC(C)C)C(=O)N1CCC[C@H]1C(=O)N1CCC[C@H]1C(=O)N[C@@H](CCCN=C(N)N)C(=O)O. The molecule has 2 aliphatic heterocycles. The van der Waals surface area contributed by atoms with Crippen LogP contribution in [0.25, 0.3) is 0 Å². The summed E-state index contributed by atoms with van der Waals surface area (Å²) in [7, 11) is 0. The minimum Gasteiger partial charge on any atom is -0.480 e. The van der Waals surface area contributed by atoms with Gasteiger partial charge in [0, 0.05) is 19.6 Å². The lowest BCUT2D eigenvalue weighted by atomic mass is 9.99. The molecule has 0 aliphatic carbocycles. The number of nitrogens with one attached hydrogen (secondary N) is 3. The summed E-state index contributed by atoms with van der Waals surface area (Å²) in [5.74, 6) is -3.64. The number of carboxylic acid groups (broad SMARTS) is 1. The Bertz CT molecular complexity index is 1450. The molecule has 3 rings (SSSR count). The van der Waals surface area contributed by atoms with E-state index in [9.17, 15) is 33.9 Å². The molecule has 0 spiro atoms. The number of amides is 5. The van der Waals surface area contributed by atoms with E-state index in [-0.39, 0.29) is 43.2 Å². The van der Waals surface area contributed by atoms with Gasteiger partial charge < -0.3 is 48.1 Å². The molecule has 0 saturated carbocycles. The Morgan fingerprint density at radius 2 is 1.40 bits per heavy atom. The maximum Gasteiger partial charge on any atom is 0.326 e. The zero-order valence-corrected chi connectivity index (χ0v) is 31.5. The first-order valence-corrected chi connectivity index (χ1v) is 18.7. The average Bonchev–Trinajstić information content (AvgIpc) is 3.79. The number of carboxylic acids is 1. The summed E-state index contributed by atoms with van der Waals surface area (Å²) in [6, 6.07) is 3.62. The molecule has 6 atom stereocenters. The van der Waals surface area contributed by atoms with E-state index in [0.717, 1.165) is 5.56 Å². The van der Waals surface area contributed by atoms with Crippen LogP contribution in [0.4, 0.5) is 0 Å². The first-order valence-electron chi connectivity index (χ1n) is 18.7. The third kappa shape index (κ3) is 13.0. The van der Waals surface area contributed by atoms with Crippen molar-refractivity contribution in [3.63, 3.8) is 0 Å². The number of carbonyl (C=O) groups is 6. The highest BCUT2D eigenvalue weighted by molar-refractivity contribution is 5.97. The molecule has 16 nitrogen and oxygen atoms in total. The lowest BCUT2D eigenvalue weighted by Crippen LogP contribution is -2.59. The Hall–Kier alpha value is -4.73. The van der Waals surface area contributed by atoms with Crippen molar-refractivity contribution in [3.05, 3.63) is 35.9 Å². The Labute approximate surface area is 312 Å². The largest absolute Gasteiger partial charge is 0.480 e. The molecule has 0 unspecified atom stereocenters. The third-order valence-electron chi connectivity index (χ3n) is 9.52. The van der Waals surface area contributed by atoms with Gasteiger partial charge in [-0.05, 0) is 75.2 Å². The van der Waals surface area contributed by atoms with Crippen LogP contribution >= 0.6 is 0 Å². The first kappa shape index (κ1) is 42.7. The minimum absolute atomic E-state index is 0.00624. The van der Waals surface area contributed by atoms with Gasteiger partial charge in [-0.1, -0.05) is 58.0 Å². The van der Waals surface area contributed by atoms with Crippen LogP contribution in [-0.2, 0) is 35.2 Å². The van der Waals surface area contributed by atoms with Crippen LogP contribution in [0.3, 0.4) is 0 Å². The van der Waals surface area contributed by atoms with Crippen molar-refractivity contribution in [3.8, 4) is 0 Å². The monoisotopic (exact) mass is 741 g/mol. The van der Waals surface area contributed by atoms with Crippen molar-refractivity contribution in [2.75, 3.05) is 19.6 Å². The molecular formula is C37H59N9O7. The van der Waals surface area contributed by atoms with Crippen molar-refractivity contribution in [1.29, 1.82) is 0 Å². The summed E-state index contributed by atoms with van der Waals surface area (Å²) >= 11 is 0. The van der Waals surface area contributed by atoms with Gasteiger partial charge in [-0.2, -0.15) is 0 Å². The Morgan fingerprint density at radius 3 is 2.00 bits per heavy atom. The molecular weight excluding hydrogens is 682 g/mol. The highest BCUT2D eigenvalue weighted by Gasteiger charge is 2.44. The molecule has 2 saturated heterocycles. The van der Waals surface area contributed by atoms with Gasteiger partial charge >= 0.3 is 5.97 Å². The highest BCUT2D eigenvalue weighted by atomic mass is 16.4. The van der Waals surface area contributed by atoms with Crippen molar-refractivity contribution >= 4 is 41.5 Å². The zero-order chi connectivity index (χ0) is 39.2. The average molecular weight is 742 g/mol. The number of nitrogens with two attached hydrogens (primary N) is 3. The molecule has 0 radical (unpaired) electrons. The van der Waals surface area contributed by atoms with Crippen LogP contribution in [0.5, 0.6) is 0 Å². The molecule has 294 valence electrons. The molecule has 16 heteroatoms. The molecule has 53 heavy (non-hydrogen) atoms. The Kier molecular flexibility index (Phi) is 16.5. The van der Waals surface area contributed by atoms with Gasteiger partial charge in [0.25, 0.3) is 0 Å². The van der Waals surface area contributed by atoms with Crippen LogP contribution in [-0.4, -0.2) is 112 Å². The number of likely N-dealkylation sites (tertiary alicyclic amines) is 2. The fourth-order valence-electron chi connectivity index (χ4n) is 6.92. The molecule has 2 heterocycles. The van der Waals surface area contributed by atoms with E-state index >= 15 is 0 Å². The first-order chi connectivity index (χ1) is 25.1. The molecule has 5 amide bonds. The minimum atomic E-state index is -1.21. The number of nitrogens with zero attached hydrogens (tertiary/aromatic N) is 3. The fraction of sp³-hybridized carbons (Fsp3) is 0.649. The second kappa shape index (κ2) is 20.5. The summed E-state index contributed by atoms with van der Waals surface area (Å²) in [6.07, 6.45) is 3.15. The smallest absolute Gasteiger partial charge is 0.326 e. The highest BCUT2D eigenvalue weighted by Crippen LogP contribution is 2.26. The quantitative estimate of drug-likeness (QED) is 0.0577.